The molecule has 0 aliphatic heterocycles. The van der Waals surface area contributed by atoms with E-state index in [1.165, 1.54) is 11.1 Å². The zero-order chi connectivity index (χ0) is 10.8. The minimum absolute atomic E-state index is 0.0209. The fourth-order valence-electron chi connectivity index (χ4n) is 1.54. The number of halogens is 1. The van der Waals surface area contributed by atoms with Gasteiger partial charge in [-0.1, -0.05) is 29.8 Å². The minimum atomic E-state index is -0.0209. The van der Waals surface area contributed by atoms with Crippen LogP contribution in [0.2, 0.25) is 0 Å². The van der Waals surface area contributed by atoms with E-state index in [0.717, 1.165) is 9.35 Å². The van der Waals surface area contributed by atoms with Gasteiger partial charge in [-0.2, -0.15) is 0 Å². The summed E-state index contributed by atoms with van der Waals surface area (Å²) in [5.41, 5.74) is 9.76. The van der Waals surface area contributed by atoms with Crippen molar-refractivity contribution in [3.05, 3.63) is 56.2 Å². The number of benzene rings is 1. The van der Waals surface area contributed by atoms with E-state index in [0.29, 0.717) is 0 Å². The van der Waals surface area contributed by atoms with Crippen molar-refractivity contribution < 1.29 is 0 Å². The van der Waals surface area contributed by atoms with Crippen LogP contribution >= 0.6 is 27.3 Å². The van der Waals surface area contributed by atoms with Crippen LogP contribution in [0.5, 0.6) is 0 Å². The van der Waals surface area contributed by atoms with Crippen molar-refractivity contribution in [2.24, 2.45) is 5.73 Å². The van der Waals surface area contributed by atoms with Crippen LogP contribution in [0.4, 0.5) is 0 Å². The fourth-order valence-corrected chi connectivity index (χ4v) is 2.75. The summed E-state index contributed by atoms with van der Waals surface area (Å²) in [7, 11) is 0. The van der Waals surface area contributed by atoms with Gasteiger partial charge in [-0.15, -0.1) is 11.3 Å². The van der Waals surface area contributed by atoms with Gasteiger partial charge >= 0.3 is 0 Å². The van der Waals surface area contributed by atoms with E-state index in [-0.39, 0.29) is 6.04 Å². The molecule has 0 amide bonds. The Morgan fingerprint density at radius 3 is 2.67 bits per heavy atom. The van der Waals surface area contributed by atoms with Gasteiger partial charge in [0, 0.05) is 0 Å². The summed E-state index contributed by atoms with van der Waals surface area (Å²) < 4.78 is 1.13. The van der Waals surface area contributed by atoms with Gasteiger partial charge in [-0.05, 0) is 45.4 Å². The molecule has 0 spiro atoms. The number of nitrogens with two attached hydrogens (primary N) is 1. The summed E-state index contributed by atoms with van der Waals surface area (Å²) in [5.74, 6) is 0. The standard InChI is InChI=1S/C12H12BrNS/c1-8-3-2-4-9(5-8)12(14)10-6-11(13)15-7-10/h2-7,12H,14H2,1H3. The number of rotatable bonds is 2. The van der Waals surface area contributed by atoms with Crippen molar-refractivity contribution in [1.29, 1.82) is 0 Å². The molecule has 1 heterocycles. The van der Waals surface area contributed by atoms with E-state index < -0.39 is 0 Å². The van der Waals surface area contributed by atoms with Gasteiger partial charge in [-0.25, -0.2) is 0 Å². The van der Waals surface area contributed by atoms with Crippen molar-refractivity contribution in [3.63, 3.8) is 0 Å². The van der Waals surface area contributed by atoms with Crippen LogP contribution in [0.25, 0.3) is 0 Å². The highest BCUT2D eigenvalue weighted by Crippen LogP contribution is 2.27. The van der Waals surface area contributed by atoms with Crippen LogP contribution in [0.3, 0.4) is 0 Å². The Kier molecular flexibility index (Phi) is 3.24. The maximum atomic E-state index is 6.18. The highest BCUT2D eigenvalue weighted by Gasteiger charge is 2.10. The quantitative estimate of drug-likeness (QED) is 0.889. The summed E-state index contributed by atoms with van der Waals surface area (Å²) in [4.78, 5) is 0. The Balaban J connectivity index is 2.32. The molecule has 2 N–H and O–H groups in total. The fraction of sp³-hybridized carbons (Fsp3) is 0.167. The molecule has 0 fully saturated rings. The maximum absolute atomic E-state index is 6.18. The van der Waals surface area contributed by atoms with Gasteiger partial charge in [0.2, 0.25) is 0 Å². The number of aryl methyl sites for hydroxylation is 1. The number of hydrogen-bond donors (Lipinski definition) is 1. The third-order valence-corrected chi connectivity index (χ3v) is 3.87. The maximum Gasteiger partial charge on any atom is 0.0701 e. The summed E-state index contributed by atoms with van der Waals surface area (Å²) >= 11 is 5.12. The minimum Gasteiger partial charge on any atom is -0.320 e. The lowest BCUT2D eigenvalue weighted by Gasteiger charge is -2.10. The molecule has 0 radical (unpaired) electrons. The van der Waals surface area contributed by atoms with Crippen LogP contribution < -0.4 is 5.73 Å². The average Bonchev–Trinajstić information content (AvgIpc) is 2.64. The molecule has 1 unspecified atom stereocenters. The van der Waals surface area contributed by atoms with Crippen molar-refractivity contribution in [1.82, 2.24) is 0 Å². The molecular weight excluding hydrogens is 270 g/mol. The zero-order valence-electron chi connectivity index (χ0n) is 8.41. The molecule has 78 valence electrons. The van der Waals surface area contributed by atoms with Crippen molar-refractivity contribution in [2.75, 3.05) is 0 Å². The molecule has 0 aliphatic carbocycles. The van der Waals surface area contributed by atoms with Crippen LogP contribution in [-0.4, -0.2) is 0 Å². The van der Waals surface area contributed by atoms with E-state index in [9.17, 15) is 0 Å². The smallest absolute Gasteiger partial charge is 0.0701 e. The first kappa shape index (κ1) is 10.9. The molecule has 2 aromatic rings. The second kappa shape index (κ2) is 4.47. The topological polar surface area (TPSA) is 26.0 Å². The van der Waals surface area contributed by atoms with Crippen molar-refractivity contribution in [2.45, 2.75) is 13.0 Å². The molecule has 2 rings (SSSR count). The van der Waals surface area contributed by atoms with Crippen LogP contribution in [0.15, 0.2) is 39.5 Å². The van der Waals surface area contributed by atoms with Gasteiger partial charge in [-0.3, -0.25) is 0 Å². The second-order valence-electron chi connectivity index (χ2n) is 3.58. The first-order valence-electron chi connectivity index (χ1n) is 4.73. The molecule has 1 atom stereocenters. The normalized spacial score (nSPS) is 12.7. The summed E-state index contributed by atoms with van der Waals surface area (Å²) in [6.45, 7) is 2.08. The second-order valence-corrected chi connectivity index (χ2v) is 5.87. The van der Waals surface area contributed by atoms with Crippen molar-refractivity contribution >= 4 is 27.3 Å². The van der Waals surface area contributed by atoms with Gasteiger partial charge in [0.1, 0.15) is 0 Å². The third kappa shape index (κ3) is 2.48. The van der Waals surface area contributed by atoms with Gasteiger partial charge < -0.3 is 5.73 Å². The lowest BCUT2D eigenvalue weighted by molar-refractivity contribution is 0.875. The Hall–Kier alpha value is -0.640. The molecular formula is C12H12BrNS. The number of hydrogen-bond acceptors (Lipinski definition) is 2. The lowest BCUT2D eigenvalue weighted by Crippen LogP contribution is -2.10. The van der Waals surface area contributed by atoms with E-state index in [1.807, 2.05) is 6.07 Å². The molecule has 3 heteroatoms. The number of thiophene rings is 1. The molecule has 0 bridgehead atoms. The van der Waals surface area contributed by atoms with Crippen LogP contribution in [-0.2, 0) is 0 Å². The third-order valence-electron chi connectivity index (χ3n) is 2.35. The highest BCUT2D eigenvalue weighted by atomic mass is 79.9. The summed E-state index contributed by atoms with van der Waals surface area (Å²) in [5, 5.41) is 2.09. The molecule has 1 aromatic heterocycles. The average molecular weight is 282 g/mol. The Morgan fingerprint density at radius 1 is 1.27 bits per heavy atom. The Bertz CT molecular complexity index is 464. The lowest BCUT2D eigenvalue weighted by atomic mass is 10.0. The predicted octanol–water partition coefficient (Wildman–Crippen LogP) is 3.87. The van der Waals surface area contributed by atoms with E-state index in [4.69, 9.17) is 5.73 Å². The Labute approximate surface area is 102 Å². The summed E-state index contributed by atoms with van der Waals surface area (Å²) in [6, 6.07) is 10.4. The van der Waals surface area contributed by atoms with E-state index in [1.54, 1.807) is 11.3 Å². The first-order valence-corrected chi connectivity index (χ1v) is 6.40. The molecule has 0 saturated heterocycles. The Morgan fingerprint density at radius 2 is 2.07 bits per heavy atom. The highest BCUT2D eigenvalue weighted by molar-refractivity contribution is 9.11. The largest absolute Gasteiger partial charge is 0.320 e. The summed E-state index contributed by atoms with van der Waals surface area (Å²) in [6.07, 6.45) is 0. The van der Waals surface area contributed by atoms with Crippen LogP contribution in [0.1, 0.15) is 22.7 Å². The zero-order valence-corrected chi connectivity index (χ0v) is 10.8. The molecule has 1 nitrogen and oxygen atoms in total. The van der Waals surface area contributed by atoms with Gasteiger partial charge in [0.25, 0.3) is 0 Å². The SMILES string of the molecule is Cc1cccc(C(N)c2csc(Br)c2)c1. The van der Waals surface area contributed by atoms with Gasteiger partial charge in [0.05, 0.1) is 9.83 Å². The van der Waals surface area contributed by atoms with Crippen LogP contribution in [0, 0.1) is 6.92 Å². The molecule has 0 aliphatic rings. The molecule has 1 aromatic carbocycles. The van der Waals surface area contributed by atoms with E-state index >= 15 is 0 Å². The monoisotopic (exact) mass is 281 g/mol. The van der Waals surface area contributed by atoms with E-state index in [2.05, 4.69) is 52.5 Å². The van der Waals surface area contributed by atoms with Gasteiger partial charge in [0.15, 0.2) is 0 Å². The molecule has 0 saturated carbocycles. The predicted molar refractivity (Wildman–Crippen MR) is 69.2 cm³/mol. The first-order chi connectivity index (χ1) is 7.16. The molecule has 15 heavy (non-hydrogen) atoms. The van der Waals surface area contributed by atoms with Crippen molar-refractivity contribution in [3.8, 4) is 0 Å².